The maximum Gasteiger partial charge on any atom is 0.188 e. The van der Waals surface area contributed by atoms with Crippen LogP contribution in [0.4, 0.5) is 0 Å². The molecule has 0 saturated carbocycles. The lowest BCUT2D eigenvalue weighted by Gasteiger charge is -2.37. The lowest BCUT2D eigenvalue weighted by Crippen LogP contribution is -2.46. The van der Waals surface area contributed by atoms with Gasteiger partial charge in [0.1, 0.15) is 6.61 Å². The highest BCUT2D eigenvalue weighted by molar-refractivity contribution is 5.96. The van der Waals surface area contributed by atoms with E-state index in [-0.39, 0.29) is 12.4 Å². The molecular weight excluding hydrogens is 266 g/mol. The smallest absolute Gasteiger partial charge is 0.188 e. The maximum absolute atomic E-state index is 11.9. The zero-order valence-electron chi connectivity index (χ0n) is 13.0. The molecule has 2 atom stereocenters. The molecule has 0 bridgehead atoms. The van der Waals surface area contributed by atoms with Crippen molar-refractivity contribution >= 4 is 5.78 Å². The van der Waals surface area contributed by atoms with Crippen molar-refractivity contribution in [3.8, 4) is 0 Å². The van der Waals surface area contributed by atoms with Gasteiger partial charge >= 0.3 is 0 Å². The molecule has 0 N–H and O–H groups in total. The van der Waals surface area contributed by atoms with E-state index in [1.165, 1.54) is 0 Å². The first-order valence-electron chi connectivity index (χ1n) is 7.63. The van der Waals surface area contributed by atoms with Crippen molar-refractivity contribution in [3.63, 3.8) is 0 Å². The number of ketones is 1. The maximum atomic E-state index is 11.9. The Morgan fingerprint density at radius 3 is 2.76 bits per heavy atom. The van der Waals surface area contributed by atoms with E-state index in [2.05, 4.69) is 11.8 Å². The van der Waals surface area contributed by atoms with Crippen molar-refractivity contribution in [1.82, 2.24) is 4.90 Å². The van der Waals surface area contributed by atoms with Gasteiger partial charge in [0, 0.05) is 31.8 Å². The molecule has 2 unspecified atom stereocenters. The molecule has 1 aromatic rings. The summed E-state index contributed by atoms with van der Waals surface area (Å²) in [5.74, 6) is 0.0389. The minimum absolute atomic E-state index is 0.0389. The molecule has 4 nitrogen and oxygen atoms in total. The normalized spacial score (nSPS) is 23.1. The highest BCUT2D eigenvalue weighted by Gasteiger charge is 2.24. The third kappa shape index (κ3) is 4.92. The van der Waals surface area contributed by atoms with Gasteiger partial charge < -0.3 is 9.47 Å². The molecule has 116 valence electrons. The molecule has 1 fully saturated rings. The van der Waals surface area contributed by atoms with Crippen LogP contribution in [0, 0.1) is 0 Å². The van der Waals surface area contributed by atoms with Crippen LogP contribution in [0.3, 0.4) is 0 Å². The van der Waals surface area contributed by atoms with Gasteiger partial charge in [0.15, 0.2) is 5.78 Å². The van der Waals surface area contributed by atoms with Crippen LogP contribution in [0.5, 0.6) is 0 Å². The molecular formula is C17H25NO3. The summed E-state index contributed by atoms with van der Waals surface area (Å²) in [6.07, 6.45) is 2.61. The van der Waals surface area contributed by atoms with E-state index in [0.717, 1.165) is 25.9 Å². The van der Waals surface area contributed by atoms with E-state index >= 15 is 0 Å². The Kier molecular flexibility index (Phi) is 6.36. The van der Waals surface area contributed by atoms with Crippen LogP contribution >= 0.6 is 0 Å². The lowest BCUT2D eigenvalue weighted by molar-refractivity contribution is -0.00257. The Hall–Kier alpha value is -1.23. The van der Waals surface area contributed by atoms with Gasteiger partial charge in [-0.1, -0.05) is 30.3 Å². The van der Waals surface area contributed by atoms with Gasteiger partial charge in [0.05, 0.1) is 12.7 Å². The summed E-state index contributed by atoms with van der Waals surface area (Å²) in [5.41, 5.74) is 0.711. The Labute approximate surface area is 127 Å². The van der Waals surface area contributed by atoms with Gasteiger partial charge in [0.25, 0.3) is 0 Å². The quantitative estimate of drug-likeness (QED) is 0.571. The molecule has 1 heterocycles. The van der Waals surface area contributed by atoms with Gasteiger partial charge in [-0.2, -0.15) is 0 Å². The van der Waals surface area contributed by atoms with Crippen LogP contribution in [-0.2, 0) is 9.47 Å². The molecule has 0 amide bonds. The average molecular weight is 291 g/mol. The van der Waals surface area contributed by atoms with Crippen LogP contribution in [-0.4, -0.2) is 56.2 Å². The molecule has 0 spiro atoms. The second kappa shape index (κ2) is 8.27. The first kappa shape index (κ1) is 16.1. The fourth-order valence-corrected chi connectivity index (χ4v) is 2.70. The molecule has 4 heteroatoms. The minimum Gasteiger partial charge on any atom is -0.380 e. The molecule has 21 heavy (non-hydrogen) atoms. The predicted molar refractivity (Wildman–Crippen MR) is 82.7 cm³/mol. The number of piperidine rings is 1. The first-order valence-corrected chi connectivity index (χ1v) is 7.63. The number of carbonyl (C=O) groups excluding carboxylic acids is 1. The van der Waals surface area contributed by atoms with Crippen molar-refractivity contribution < 1.29 is 14.3 Å². The Balaban J connectivity index is 1.68. The van der Waals surface area contributed by atoms with Gasteiger partial charge in [0.2, 0.25) is 0 Å². The number of likely N-dealkylation sites (tertiary alicyclic amines) is 1. The van der Waals surface area contributed by atoms with E-state index in [0.29, 0.717) is 24.3 Å². The fraction of sp³-hybridized carbons (Fsp3) is 0.588. The van der Waals surface area contributed by atoms with Crippen molar-refractivity contribution in [2.24, 2.45) is 0 Å². The minimum atomic E-state index is 0.0389. The number of benzene rings is 1. The molecule has 1 aromatic carbocycles. The second-order valence-electron chi connectivity index (χ2n) is 5.62. The van der Waals surface area contributed by atoms with Crippen LogP contribution in [0.15, 0.2) is 30.3 Å². The largest absolute Gasteiger partial charge is 0.380 e. The highest BCUT2D eigenvalue weighted by atomic mass is 16.5. The monoisotopic (exact) mass is 291 g/mol. The SMILES string of the molecule is COC1CCC(C)N(CCOCC(=O)c2ccccc2)C1. The first-order chi connectivity index (χ1) is 10.2. The van der Waals surface area contributed by atoms with Crippen LogP contribution in [0.25, 0.3) is 0 Å². The van der Waals surface area contributed by atoms with Crippen molar-refractivity contribution in [1.29, 1.82) is 0 Å². The average Bonchev–Trinajstić information content (AvgIpc) is 2.53. The fourth-order valence-electron chi connectivity index (χ4n) is 2.70. The number of ether oxygens (including phenoxy) is 2. The second-order valence-corrected chi connectivity index (χ2v) is 5.62. The number of Topliss-reactive ketones (excluding diaryl/α,β-unsaturated/α-hetero) is 1. The summed E-state index contributed by atoms with van der Waals surface area (Å²) in [7, 11) is 1.77. The summed E-state index contributed by atoms with van der Waals surface area (Å²) in [4.78, 5) is 14.3. The van der Waals surface area contributed by atoms with E-state index in [9.17, 15) is 4.79 Å². The third-order valence-electron chi connectivity index (χ3n) is 4.15. The number of nitrogens with zero attached hydrogens (tertiary/aromatic N) is 1. The van der Waals surface area contributed by atoms with Crippen LogP contribution in [0.1, 0.15) is 30.1 Å². The van der Waals surface area contributed by atoms with E-state index < -0.39 is 0 Å². The Morgan fingerprint density at radius 2 is 2.05 bits per heavy atom. The topological polar surface area (TPSA) is 38.8 Å². The molecule has 2 rings (SSSR count). The molecule has 0 radical (unpaired) electrons. The highest BCUT2D eigenvalue weighted by Crippen LogP contribution is 2.18. The van der Waals surface area contributed by atoms with Crippen LogP contribution < -0.4 is 0 Å². The zero-order chi connectivity index (χ0) is 15.1. The third-order valence-corrected chi connectivity index (χ3v) is 4.15. The predicted octanol–water partition coefficient (Wildman–Crippen LogP) is 2.39. The van der Waals surface area contributed by atoms with Crippen molar-refractivity contribution in [3.05, 3.63) is 35.9 Å². The van der Waals surface area contributed by atoms with Gasteiger partial charge in [-0.3, -0.25) is 9.69 Å². The van der Waals surface area contributed by atoms with Gasteiger partial charge in [-0.05, 0) is 19.8 Å². The van der Waals surface area contributed by atoms with Gasteiger partial charge in [-0.25, -0.2) is 0 Å². The zero-order valence-corrected chi connectivity index (χ0v) is 13.0. The number of rotatable bonds is 7. The summed E-state index contributed by atoms with van der Waals surface area (Å²) < 4.78 is 11.0. The Bertz CT molecular complexity index is 435. The molecule has 0 aliphatic carbocycles. The van der Waals surface area contributed by atoms with Gasteiger partial charge in [-0.15, -0.1) is 0 Å². The van der Waals surface area contributed by atoms with E-state index in [4.69, 9.17) is 9.47 Å². The van der Waals surface area contributed by atoms with E-state index in [1.54, 1.807) is 7.11 Å². The van der Waals surface area contributed by atoms with Crippen molar-refractivity contribution in [2.45, 2.75) is 31.9 Å². The molecule has 0 aromatic heterocycles. The number of carbonyl (C=O) groups is 1. The molecule has 1 aliphatic heterocycles. The molecule has 1 saturated heterocycles. The van der Waals surface area contributed by atoms with Crippen molar-refractivity contribution in [2.75, 3.05) is 33.4 Å². The van der Waals surface area contributed by atoms with Crippen LogP contribution in [0.2, 0.25) is 0 Å². The summed E-state index contributed by atoms with van der Waals surface area (Å²) in [5, 5.41) is 0. The summed E-state index contributed by atoms with van der Waals surface area (Å²) >= 11 is 0. The van der Waals surface area contributed by atoms with E-state index in [1.807, 2.05) is 30.3 Å². The Morgan fingerprint density at radius 1 is 1.29 bits per heavy atom. The summed E-state index contributed by atoms with van der Waals surface area (Å²) in [6, 6.07) is 9.84. The summed E-state index contributed by atoms with van der Waals surface area (Å²) in [6.45, 7) is 4.77. The lowest BCUT2D eigenvalue weighted by atomic mass is 10.0. The standard InChI is InChI=1S/C17H25NO3/c1-14-8-9-16(20-2)12-18(14)10-11-21-13-17(19)15-6-4-3-5-7-15/h3-7,14,16H,8-13H2,1-2H3. The number of hydrogen-bond donors (Lipinski definition) is 0. The number of hydrogen-bond acceptors (Lipinski definition) is 4. The molecule has 1 aliphatic rings. The number of methoxy groups -OCH3 is 1.